The molecule has 84 valence electrons. The zero-order chi connectivity index (χ0) is 10.8. The van der Waals surface area contributed by atoms with Crippen LogP contribution in [0.3, 0.4) is 0 Å². The van der Waals surface area contributed by atoms with Crippen LogP contribution >= 0.6 is 0 Å². The maximum atomic E-state index is 11.8. The van der Waals surface area contributed by atoms with Gasteiger partial charge in [0, 0.05) is 19.1 Å². The van der Waals surface area contributed by atoms with E-state index in [-0.39, 0.29) is 17.7 Å². The van der Waals surface area contributed by atoms with Gasteiger partial charge in [-0.25, -0.2) is 12.7 Å². The Labute approximate surface area is 86.5 Å². The van der Waals surface area contributed by atoms with E-state index in [1.54, 1.807) is 4.31 Å². The Morgan fingerprint density at radius 2 is 1.79 bits per heavy atom. The molecule has 1 fully saturated rings. The summed E-state index contributed by atoms with van der Waals surface area (Å²) in [6, 6.07) is -0.249. The highest BCUT2D eigenvalue weighted by Gasteiger charge is 2.27. The van der Waals surface area contributed by atoms with Crippen LogP contribution in [0.25, 0.3) is 0 Å². The molecule has 0 aliphatic carbocycles. The van der Waals surface area contributed by atoms with E-state index in [9.17, 15) is 8.42 Å². The first-order valence-electron chi connectivity index (χ1n) is 5.17. The van der Waals surface area contributed by atoms with Gasteiger partial charge in [0.2, 0.25) is 10.0 Å². The van der Waals surface area contributed by atoms with Crippen molar-refractivity contribution in [2.24, 2.45) is 11.7 Å². The highest BCUT2D eigenvalue weighted by molar-refractivity contribution is 7.89. The lowest BCUT2D eigenvalue weighted by Gasteiger charge is -2.20. The molecule has 1 aliphatic heterocycles. The van der Waals surface area contributed by atoms with Gasteiger partial charge in [-0.3, -0.25) is 0 Å². The van der Waals surface area contributed by atoms with Gasteiger partial charge >= 0.3 is 0 Å². The summed E-state index contributed by atoms with van der Waals surface area (Å²) in [5.74, 6) is 0.303. The normalized spacial score (nSPS) is 21.7. The standard InChI is InChI=1S/C9H20N2O2S/c1-8(2)9(10)7-14(12,13)11-5-3-4-6-11/h8-9H,3-7,10H2,1-2H3. The van der Waals surface area contributed by atoms with Crippen LogP contribution in [0.2, 0.25) is 0 Å². The van der Waals surface area contributed by atoms with Crippen LogP contribution in [-0.4, -0.2) is 37.6 Å². The van der Waals surface area contributed by atoms with Crippen LogP contribution < -0.4 is 5.73 Å². The van der Waals surface area contributed by atoms with Crippen molar-refractivity contribution in [3.05, 3.63) is 0 Å². The molecule has 0 spiro atoms. The summed E-state index contributed by atoms with van der Waals surface area (Å²) in [5.41, 5.74) is 5.76. The summed E-state index contributed by atoms with van der Waals surface area (Å²) >= 11 is 0. The fourth-order valence-corrected chi connectivity index (χ4v) is 3.40. The predicted octanol–water partition coefficient (Wildman–Crippen LogP) is 0.395. The van der Waals surface area contributed by atoms with Crippen molar-refractivity contribution in [3.8, 4) is 0 Å². The molecular weight excluding hydrogens is 200 g/mol. The van der Waals surface area contributed by atoms with Gasteiger partial charge in [0.1, 0.15) is 0 Å². The van der Waals surface area contributed by atoms with Gasteiger partial charge in [-0.1, -0.05) is 13.8 Å². The molecule has 1 atom stereocenters. The second-order valence-corrected chi connectivity index (χ2v) is 6.31. The third-order valence-electron chi connectivity index (χ3n) is 2.72. The van der Waals surface area contributed by atoms with Crippen molar-refractivity contribution < 1.29 is 8.42 Å². The molecule has 1 rings (SSSR count). The quantitative estimate of drug-likeness (QED) is 0.745. The summed E-state index contributed by atoms with van der Waals surface area (Å²) in [5, 5.41) is 0. The van der Waals surface area contributed by atoms with Crippen LogP contribution in [-0.2, 0) is 10.0 Å². The minimum atomic E-state index is -3.10. The first kappa shape index (κ1) is 11.9. The maximum Gasteiger partial charge on any atom is 0.215 e. The zero-order valence-electron chi connectivity index (χ0n) is 8.94. The summed E-state index contributed by atoms with van der Waals surface area (Å²) < 4.78 is 25.2. The number of sulfonamides is 1. The van der Waals surface area contributed by atoms with Crippen LogP contribution in [0.15, 0.2) is 0 Å². The number of hydrogen-bond donors (Lipinski definition) is 1. The van der Waals surface area contributed by atoms with Gasteiger partial charge in [-0.2, -0.15) is 0 Å². The molecule has 2 N–H and O–H groups in total. The Kier molecular flexibility index (Phi) is 3.92. The van der Waals surface area contributed by atoms with Gasteiger partial charge in [-0.15, -0.1) is 0 Å². The Morgan fingerprint density at radius 3 is 2.21 bits per heavy atom. The van der Waals surface area contributed by atoms with E-state index in [2.05, 4.69) is 0 Å². The van der Waals surface area contributed by atoms with E-state index in [0.717, 1.165) is 12.8 Å². The fraction of sp³-hybridized carbons (Fsp3) is 1.00. The number of hydrogen-bond acceptors (Lipinski definition) is 3. The van der Waals surface area contributed by atoms with Crippen molar-refractivity contribution >= 4 is 10.0 Å². The minimum Gasteiger partial charge on any atom is -0.326 e. The van der Waals surface area contributed by atoms with Crippen LogP contribution in [0.4, 0.5) is 0 Å². The van der Waals surface area contributed by atoms with Gasteiger partial charge < -0.3 is 5.73 Å². The van der Waals surface area contributed by atoms with Crippen molar-refractivity contribution in [1.29, 1.82) is 0 Å². The first-order valence-corrected chi connectivity index (χ1v) is 6.78. The minimum absolute atomic E-state index is 0.0880. The van der Waals surface area contributed by atoms with E-state index >= 15 is 0 Å². The van der Waals surface area contributed by atoms with Crippen molar-refractivity contribution in [2.45, 2.75) is 32.7 Å². The van der Waals surface area contributed by atoms with Crippen LogP contribution in [0, 0.1) is 5.92 Å². The predicted molar refractivity (Wildman–Crippen MR) is 57.4 cm³/mol. The molecule has 1 heterocycles. The smallest absolute Gasteiger partial charge is 0.215 e. The molecule has 1 unspecified atom stereocenters. The molecule has 0 saturated carbocycles. The summed E-state index contributed by atoms with van der Waals surface area (Å²) in [6.07, 6.45) is 1.96. The lowest BCUT2D eigenvalue weighted by atomic mass is 10.1. The Hall–Kier alpha value is -0.130. The molecule has 1 aliphatic rings. The van der Waals surface area contributed by atoms with E-state index < -0.39 is 10.0 Å². The zero-order valence-corrected chi connectivity index (χ0v) is 9.76. The molecule has 0 aromatic carbocycles. The first-order chi connectivity index (χ1) is 6.43. The summed E-state index contributed by atoms with van der Waals surface area (Å²) in [7, 11) is -3.10. The Balaban J connectivity index is 2.57. The van der Waals surface area contributed by atoms with Gasteiger partial charge in [0.05, 0.1) is 5.75 Å². The average molecular weight is 220 g/mol. The molecule has 4 nitrogen and oxygen atoms in total. The van der Waals surface area contributed by atoms with Crippen molar-refractivity contribution in [1.82, 2.24) is 4.31 Å². The molecule has 1 saturated heterocycles. The highest BCUT2D eigenvalue weighted by Crippen LogP contribution is 2.14. The van der Waals surface area contributed by atoms with Crippen molar-refractivity contribution in [2.75, 3.05) is 18.8 Å². The monoisotopic (exact) mass is 220 g/mol. The lowest BCUT2D eigenvalue weighted by molar-refractivity contribution is 0.457. The van der Waals surface area contributed by atoms with Gasteiger partial charge in [0.15, 0.2) is 0 Å². The van der Waals surface area contributed by atoms with Crippen LogP contribution in [0.5, 0.6) is 0 Å². The average Bonchev–Trinajstić information content (AvgIpc) is 2.54. The number of nitrogens with zero attached hydrogens (tertiary/aromatic N) is 1. The molecule has 0 bridgehead atoms. The largest absolute Gasteiger partial charge is 0.326 e. The van der Waals surface area contributed by atoms with E-state index in [0.29, 0.717) is 13.1 Å². The molecule has 5 heteroatoms. The van der Waals surface area contributed by atoms with E-state index in [1.807, 2.05) is 13.8 Å². The SMILES string of the molecule is CC(C)C(N)CS(=O)(=O)N1CCCC1. The second-order valence-electron chi connectivity index (χ2n) is 4.29. The summed E-state index contributed by atoms with van der Waals surface area (Å²) in [6.45, 7) is 5.24. The van der Waals surface area contributed by atoms with Crippen LogP contribution in [0.1, 0.15) is 26.7 Å². The lowest BCUT2D eigenvalue weighted by Crippen LogP contribution is -2.40. The third-order valence-corrected chi connectivity index (χ3v) is 4.68. The van der Waals surface area contributed by atoms with E-state index in [1.165, 1.54) is 0 Å². The maximum absolute atomic E-state index is 11.8. The van der Waals surface area contributed by atoms with E-state index in [4.69, 9.17) is 5.73 Å². The molecule has 14 heavy (non-hydrogen) atoms. The molecule has 0 aromatic heterocycles. The van der Waals surface area contributed by atoms with Crippen molar-refractivity contribution in [3.63, 3.8) is 0 Å². The fourth-order valence-electron chi connectivity index (χ4n) is 1.51. The van der Waals surface area contributed by atoms with Gasteiger partial charge in [-0.05, 0) is 18.8 Å². The number of rotatable bonds is 4. The third kappa shape index (κ3) is 2.93. The summed E-state index contributed by atoms with van der Waals surface area (Å²) in [4.78, 5) is 0. The highest BCUT2D eigenvalue weighted by atomic mass is 32.2. The second kappa shape index (κ2) is 4.59. The Bertz CT molecular complexity index is 269. The Morgan fingerprint density at radius 1 is 1.29 bits per heavy atom. The number of nitrogens with two attached hydrogens (primary N) is 1. The molecule has 0 amide bonds. The molecule has 0 radical (unpaired) electrons. The van der Waals surface area contributed by atoms with Gasteiger partial charge in [0.25, 0.3) is 0 Å². The molecular formula is C9H20N2O2S. The molecule has 0 aromatic rings. The topological polar surface area (TPSA) is 63.4 Å².